The molecule has 1 aliphatic rings. The highest BCUT2D eigenvalue weighted by atomic mass is 19.1. The Kier molecular flexibility index (Phi) is 3.85. The number of benzene rings is 1. The van der Waals surface area contributed by atoms with E-state index in [4.69, 9.17) is 10.5 Å². The first-order chi connectivity index (χ1) is 8.49. The van der Waals surface area contributed by atoms with Gasteiger partial charge in [-0.3, -0.25) is 0 Å². The summed E-state index contributed by atoms with van der Waals surface area (Å²) in [7, 11) is 3.75. The number of nitrogens with two attached hydrogens (primary N) is 1. The maximum Gasteiger partial charge on any atom is 0.128 e. The molecule has 0 amide bonds. The highest BCUT2D eigenvalue weighted by Crippen LogP contribution is 2.27. The van der Waals surface area contributed by atoms with Crippen molar-refractivity contribution in [1.82, 2.24) is 4.90 Å². The average Bonchev–Trinajstić information content (AvgIpc) is 2.54. The summed E-state index contributed by atoms with van der Waals surface area (Å²) in [6, 6.07) is 5.63. The molecule has 18 heavy (non-hydrogen) atoms. The summed E-state index contributed by atoms with van der Waals surface area (Å²) in [6.07, 6.45) is -0.506. The molecular weight excluding hydrogens is 235 g/mol. The Morgan fingerprint density at radius 2 is 2.17 bits per heavy atom. The second-order valence-electron chi connectivity index (χ2n) is 4.96. The zero-order chi connectivity index (χ0) is 13.3. The summed E-state index contributed by atoms with van der Waals surface area (Å²) in [5.74, 6) is 0.0686. The van der Waals surface area contributed by atoms with Gasteiger partial charge in [0.2, 0.25) is 0 Å². The number of rotatable bonds is 3. The number of hydrogen-bond donors (Lipinski definition) is 2. The van der Waals surface area contributed by atoms with Gasteiger partial charge in [0.15, 0.2) is 0 Å². The van der Waals surface area contributed by atoms with Gasteiger partial charge in [0.25, 0.3) is 0 Å². The largest absolute Gasteiger partial charge is 0.487 e. The van der Waals surface area contributed by atoms with Gasteiger partial charge in [-0.05, 0) is 26.2 Å². The number of nitrogens with zero attached hydrogens (tertiary/aromatic N) is 1. The first kappa shape index (κ1) is 13.3. The van der Waals surface area contributed by atoms with Crippen LogP contribution in [0.15, 0.2) is 24.3 Å². The smallest absolute Gasteiger partial charge is 0.128 e. The maximum absolute atomic E-state index is 13.0. The SMILES string of the molecule is CN(C)[C@@H]1[C@@H](O)[C@H](Oc2cccc(F)c2)C[C@H]1N. The summed E-state index contributed by atoms with van der Waals surface area (Å²) < 4.78 is 18.7. The minimum absolute atomic E-state index is 0.136. The third-order valence-electron chi connectivity index (χ3n) is 3.35. The van der Waals surface area contributed by atoms with E-state index in [9.17, 15) is 9.50 Å². The zero-order valence-corrected chi connectivity index (χ0v) is 10.6. The van der Waals surface area contributed by atoms with Crippen molar-refractivity contribution in [3.05, 3.63) is 30.1 Å². The molecule has 100 valence electrons. The van der Waals surface area contributed by atoms with Gasteiger partial charge in [0.05, 0.1) is 6.04 Å². The van der Waals surface area contributed by atoms with Crippen LogP contribution < -0.4 is 10.5 Å². The topological polar surface area (TPSA) is 58.7 Å². The fourth-order valence-electron chi connectivity index (χ4n) is 2.54. The van der Waals surface area contributed by atoms with E-state index in [-0.39, 0.29) is 17.9 Å². The maximum atomic E-state index is 13.0. The molecule has 0 aliphatic heterocycles. The number of aliphatic hydroxyl groups excluding tert-OH is 1. The van der Waals surface area contributed by atoms with Gasteiger partial charge in [0.1, 0.15) is 23.8 Å². The third-order valence-corrected chi connectivity index (χ3v) is 3.35. The molecule has 4 nitrogen and oxygen atoms in total. The van der Waals surface area contributed by atoms with Crippen LogP contribution in [0.4, 0.5) is 4.39 Å². The Bertz CT molecular complexity index is 414. The average molecular weight is 254 g/mol. The fraction of sp³-hybridized carbons (Fsp3) is 0.538. The Morgan fingerprint density at radius 1 is 1.44 bits per heavy atom. The van der Waals surface area contributed by atoms with Gasteiger partial charge >= 0.3 is 0 Å². The minimum Gasteiger partial charge on any atom is -0.487 e. The molecule has 0 unspecified atom stereocenters. The molecule has 0 radical (unpaired) electrons. The molecule has 5 heteroatoms. The molecule has 0 spiro atoms. The van der Waals surface area contributed by atoms with Crippen LogP contribution >= 0.6 is 0 Å². The molecule has 0 aromatic heterocycles. The van der Waals surface area contributed by atoms with Crippen molar-refractivity contribution >= 4 is 0 Å². The molecule has 1 aromatic carbocycles. The van der Waals surface area contributed by atoms with Gasteiger partial charge < -0.3 is 20.5 Å². The van der Waals surface area contributed by atoms with Crippen molar-refractivity contribution in [2.45, 2.75) is 30.7 Å². The number of hydrogen-bond acceptors (Lipinski definition) is 4. The lowest BCUT2D eigenvalue weighted by Crippen LogP contribution is -2.47. The minimum atomic E-state index is -0.668. The van der Waals surface area contributed by atoms with Crippen LogP contribution in [-0.4, -0.2) is 48.4 Å². The summed E-state index contributed by atoms with van der Waals surface area (Å²) in [5, 5.41) is 10.2. The van der Waals surface area contributed by atoms with Crippen molar-refractivity contribution in [2.75, 3.05) is 14.1 Å². The molecular formula is C13H19FN2O2. The molecule has 0 saturated heterocycles. The normalized spacial score (nSPS) is 31.9. The van der Waals surface area contributed by atoms with E-state index in [2.05, 4.69) is 0 Å². The number of ether oxygens (including phenoxy) is 1. The van der Waals surface area contributed by atoms with Crippen molar-refractivity contribution in [3.8, 4) is 5.75 Å². The molecule has 4 atom stereocenters. The molecule has 1 aliphatic carbocycles. The second-order valence-corrected chi connectivity index (χ2v) is 4.96. The Labute approximate surface area is 106 Å². The van der Waals surface area contributed by atoms with Gasteiger partial charge in [0, 0.05) is 18.5 Å². The highest BCUT2D eigenvalue weighted by Gasteiger charge is 2.43. The first-order valence-corrected chi connectivity index (χ1v) is 6.01. The highest BCUT2D eigenvalue weighted by molar-refractivity contribution is 5.23. The van der Waals surface area contributed by atoms with Crippen LogP contribution in [0.5, 0.6) is 5.75 Å². The summed E-state index contributed by atoms with van der Waals surface area (Å²) in [4.78, 5) is 1.89. The predicted molar refractivity (Wildman–Crippen MR) is 66.9 cm³/mol. The number of likely N-dealkylation sites (N-methyl/N-ethyl adjacent to an activating group) is 1. The van der Waals surface area contributed by atoms with Gasteiger partial charge in [-0.2, -0.15) is 0 Å². The standard InChI is InChI=1S/C13H19FN2O2/c1-16(2)12-10(15)7-11(13(12)17)18-9-5-3-4-8(14)6-9/h3-6,10-13,17H,7,15H2,1-2H3/t10-,11-,12+,13+/m1/s1. The Balaban J connectivity index is 2.07. The number of aliphatic hydroxyl groups is 1. The number of halogens is 1. The predicted octanol–water partition coefficient (Wildman–Crippen LogP) is 0.595. The lowest BCUT2D eigenvalue weighted by molar-refractivity contribution is 0.0219. The van der Waals surface area contributed by atoms with Crippen molar-refractivity contribution < 1.29 is 14.2 Å². The van der Waals surface area contributed by atoms with Crippen LogP contribution in [0.2, 0.25) is 0 Å². The Morgan fingerprint density at radius 3 is 2.72 bits per heavy atom. The molecule has 1 aromatic rings. The van der Waals surface area contributed by atoms with E-state index >= 15 is 0 Å². The third kappa shape index (κ3) is 2.63. The van der Waals surface area contributed by atoms with E-state index in [1.807, 2.05) is 19.0 Å². The summed E-state index contributed by atoms with van der Waals surface area (Å²) >= 11 is 0. The van der Waals surface area contributed by atoms with Crippen LogP contribution in [0.1, 0.15) is 6.42 Å². The molecule has 1 fully saturated rings. The van der Waals surface area contributed by atoms with Crippen LogP contribution in [0.3, 0.4) is 0 Å². The van der Waals surface area contributed by atoms with E-state index in [0.717, 1.165) is 0 Å². The lowest BCUT2D eigenvalue weighted by Gasteiger charge is -2.27. The van der Waals surface area contributed by atoms with E-state index in [1.54, 1.807) is 12.1 Å². The molecule has 3 N–H and O–H groups in total. The van der Waals surface area contributed by atoms with Crippen LogP contribution in [0, 0.1) is 5.82 Å². The van der Waals surface area contributed by atoms with Crippen LogP contribution in [-0.2, 0) is 0 Å². The Hall–Kier alpha value is -1.17. The van der Waals surface area contributed by atoms with E-state index in [0.29, 0.717) is 12.2 Å². The quantitative estimate of drug-likeness (QED) is 0.829. The second kappa shape index (κ2) is 5.22. The molecule has 0 heterocycles. The van der Waals surface area contributed by atoms with Crippen molar-refractivity contribution in [2.24, 2.45) is 5.73 Å². The monoisotopic (exact) mass is 254 g/mol. The molecule has 1 saturated carbocycles. The van der Waals surface area contributed by atoms with Crippen LogP contribution in [0.25, 0.3) is 0 Å². The van der Waals surface area contributed by atoms with E-state index in [1.165, 1.54) is 12.1 Å². The van der Waals surface area contributed by atoms with Gasteiger partial charge in [-0.25, -0.2) is 4.39 Å². The summed E-state index contributed by atoms with van der Waals surface area (Å²) in [5.41, 5.74) is 5.99. The fourth-order valence-corrected chi connectivity index (χ4v) is 2.54. The first-order valence-electron chi connectivity index (χ1n) is 6.01. The molecule has 2 rings (SSSR count). The van der Waals surface area contributed by atoms with Gasteiger partial charge in [-0.1, -0.05) is 6.07 Å². The van der Waals surface area contributed by atoms with Gasteiger partial charge in [-0.15, -0.1) is 0 Å². The van der Waals surface area contributed by atoms with Crippen molar-refractivity contribution in [3.63, 3.8) is 0 Å². The van der Waals surface area contributed by atoms with E-state index < -0.39 is 12.2 Å². The zero-order valence-electron chi connectivity index (χ0n) is 10.6. The summed E-state index contributed by atoms with van der Waals surface area (Å²) in [6.45, 7) is 0. The van der Waals surface area contributed by atoms with Crippen molar-refractivity contribution in [1.29, 1.82) is 0 Å². The lowest BCUT2D eigenvalue weighted by atomic mass is 10.1. The molecule has 0 bridgehead atoms.